The summed E-state index contributed by atoms with van der Waals surface area (Å²) >= 11 is 0. The number of hydrogen-bond donors (Lipinski definition) is 3. The monoisotopic (exact) mass is 210 g/mol. The first-order valence-electron chi connectivity index (χ1n) is 5.17. The standard InChI is InChI=1S/C10H18N4O/c1-3-4-9-13-8(11)5-10(14-9)12-6-7(2)15/h5,7,15H,3-4,6H2,1-2H3,(H3,11,12,13,14). The summed E-state index contributed by atoms with van der Waals surface area (Å²) in [5.41, 5.74) is 5.64. The molecule has 0 amide bonds. The zero-order chi connectivity index (χ0) is 11.3. The fourth-order valence-electron chi connectivity index (χ4n) is 1.20. The number of nitrogens with two attached hydrogens (primary N) is 1. The Morgan fingerprint density at radius 3 is 2.87 bits per heavy atom. The molecule has 1 heterocycles. The third-order valence-electron chi connectivity index (χ3n) is 1.84. The molecule has 1 atom stereocenters. The number of nitrogen functional groups attached to an aromatic ring is 1. The number of nitrogens with one attached hydrogen (secondary N) is 1. The van der Waals surface area contributed by atoms with Crippen molar-refractivity contribution in [1.29, 1.82) is 0 Å². The van der Waals surface area contributed by atoms with Crippen LogP contribution < -0.4 is 11.1 Å². The van der Waals surface area contributed by atoms with Gasteiger partial charge in [-0.25, -0.2) is 9.97 Å². The summed E-state index contributed by atoms with van der Waals surface area (Å²) in [5.74, 6) is 1.87. The number of nitrogens with zero attached hydrogens (tertiary/aromatic N) is 2. The van der Waals surface area contributed by atoms with Gasteiger partial charge in [0.2, 0.25) is 0 Å². The van der Waals surface area contributed by atoms with Crippen LogP contribution in [0.1, 0.15) is 26.1 Å². The number of aliphatic hydroxyl groups excluding tert-OH is 1. The molecule has 0 aromatic carbocycles. The number of rotatable bonds is 5. The fourth-order valence-corrected chi connectivity index (χ4v) is 1.20. The van der Waals surface area contributed by atoms with Gasteiger partial charge in [0.05, 0.1) is 6.10 Å². The molecule has 1 aromatic rings. The van der Waals surface area contributed by atoms with Crippen LogP contribution in [0.3, 0.4) is 0 Å². The normalized spacial score (nSPS) is 12.5. The predicted molar refractivity (Wildman–Crippen MR) is 60.6 cm³/mol. The SMILES string of the molecule is CCCc1nc(N)cc(NCC(C)O)n1. The van der Waals surface area contributed by atoms with Crippen LogP contribution in [-0.4, -0.2) is 27.7 Å². The molecule has 1 unspecified atom stereocenters. The molecular weight excluding hydrogens is 192 g/mol. The molecule has 0 aliphatic heterocycles. The van der Waals surface area contributed by atoms with Gasteiger partial charge in [-0.1, -0.05) is 6.92 Å². The van der Waals surface area contributed by atoms with Gasteiger partial charge < -0.3 is 16.2 Å². The van der Waals surface area contributed by atoms with Crippen LogP contribution in [0.4, 0.5) is 11.6 Å². The van der Waals surface area contributed by atoms with Crippen molar-refractivity contribution in [3.63, 3.8) is 0 Å². The molecular formula is C10H18N4O. The molecule has 84 valence electrons. The van der Waals surface area contributed by atoms with Gasteiger partial charge >= 0.3 is 0 Å². The van der Waals surface area contributed by atoms with Gasteiger partial charge in [0.15, 0.2) is 0 Å². The summed E-state index contributed by atoms with van der Waals surface area (Å²) in [6, 6.07) is 1.67. The molecule has 1 aromatic heterocycles. The molecule has 0 aliphatic carbocycles. The average Bonchev–Trinajstić information content (AvgIpc) is 2.14. The van der Waals surface area contributed by atoms with Gasteiger partial charge in [-0.3, -0.25) is 0 Å². The lowest BCUT2D eigenvalue weighted by atomic mass is 10.3. The third-order valence-corrected chi connectivity index (χ3v) is 1.84. The van der Waals surface area contributed by atoms with Crippen molar-refractivity contribution >= 4 is 11.6 Å². The lowest BCUT2D eigenvalue weighted by Gasteiger charge is -2.09. The van der Waals surface area contributed by atoms with E-state index in [1.807, 2.05) is 0 Å². The first-order chi connectivity index (χ1) is 7.11. The van der Waals surface area contributed by atoms with Crippen LogP contribution in [0.15, 0.2) is 6.07 Å². The Balaban J connectivity index is 2.70. The van der Waals surface area contributed by atoms with Gasteiger partial charge in [-0.15, -0.1) is 0 Å². The lowest BCUT2D eigenvalue weighted by Crippen LogP contribution is -2.17. The van der Waals surface area contributed by atoms with Crippen molar-refractivity contribution in [2.75, 3.05) is 17.6 Å². The zero-order valence-corrected chi connectivity index (χ0v) is 9.20. The number of aliphatic hydroxyl groups is 1. The fraction of sp³-hybridized carbons (Fsp3) is 0.600. The van der Waals surface area contributed by atoms with Crippen LogP contribution >= 0.6 is 0 Å². The topological polar surface area (TPSA) is 84.1 Å². The van der Waals surface area contributed by atoms with E-state index in [1.165, 1.54) is 0 Å². The molecule has 0 aliphatic rings. The maximum Gasteiger partial charge on any atom is 0.133 e. The smallest absolute Gasteiger partial charge is 0.133 e. The first kappa shape index (κ1) is 11.7. The van der Waals surface area contributed by atoms with E-state index in [4.69, 9.17) is 10.8 Å². The molecule has 0 spiro atoms. The molecule has 5 nitrogen and oxygen atoms in total. The number of aryl methyl sites for hydroxylation is 1. The number of aromatic nitrogens is 2. The van der Waals surface area contributed by atoms with Crippen LogP contribution in [0.25, 0.3) is 0 Å². The van der Waals surface area contributed by atoms with Gasteiger partial charge in [-0.05, 0) is 13.3 Å². The summed E-state index contributed by atoms with van der Waals surface area (Å²) in [5, 5.41) is 12.1. The van der Waals surface area contributed by atoms with E-state index < -0.39 is 6.10 Å². The Kier molecular flexibility index (Phi) is 4.30. The molecule has 0 saturated carbocycles. The number of hydrogen-bond acceptors (Lipinski definition) is 5. The third kappa shape index (κ3) is 4.12. The second kappa shape index (κ2) is 5.50. The molecule has 0 saturated heterocycles. The highest BCUT2D eigenvalue weighted by atomic mass is 16.3. The van der Waals surface area contributed by atoms with Gasteiger partial charge in [-0.2, -0.15) is 0 Å². The van der Waals surface area contributed by atoms with Crippen LogP contribution in [-0.2, 0) is 6.42 Å². The van der Waals surface area contributed by atoms with Crippen LogP contribution in [0, 0.1) is 0 Å². The van der Waals surface area contributed by atoms with E-state index in [2.05, 4.69) is 22.2 Å². The molecule has 0 radical (unpaired) electrons. The minimum atomic E-state index is -0.407. The Morgan fingerprint density at radius 2 is 2.27 bits per heavy atom. The molecule has 15 heavy (non-hydrogen) atoms. The average molecular weight is 210 g/mol. The lowest BCUT2D eigenvalue weighted by molar-refractivity contribution is 0.208. The zero-order valence-electron chi connectivity index (χ0n) is 9.20. The van der Waals surface area contributed by atoms with Gasteiger partial charge in [0, 0.05) is 19.0 Å². The van der Waals surface area contributed by atoms with Crippen LogP contribution in [0.2, 0.25) is 0 Å². The molecule has 0 bridgehead atoms. The van der Waals surface area contributed by atoms with Crippen molar-refractivity contribution in [2.24, 2.45) is 0 Å². The Morgan fingerprint density at radius 1 is 1.53 bits per heavy atom. The van der Waals surface area contributed by atoms with E-state index in [0.717, 1.165) is 18.7 Å². The van der Waals surface area contributed by atoms with Crippen molar-refractivity contribution in [3.05, 3.63) is 11.9 Å². The summed E-state index contributed by atoms with van der Waals surface area (Å²) in [6.07, 6.45) is 1.39. The summed E-state index contributed by atoms with van der Waals surface area (Å²) in [4.78, 5) is 8.40. The minimum absolute atomic E-state index is 0.407. The highest BCUT2D eigenvalue weighted by molar-refractivity contribution is 5.44. The predicted octanol–water partition coefficient (Wildman–Crippen LogP) is 0.804. The van der Waals surface area contributed by atoms with E-state index in [9.17, 15) is 0 Å². The van der Waals surface area contributed by atoms with E-state index in [0.29, 0.717) is 18.2 Å². The van der Waals surface area contributed by atoms with E-state index in [-0.39, 0.29) is 0 Å². The Hall–Kier alpha value is -1.36. The molecule has 1 rings (SSSR count). The quantitative estimate of drug-likeness (QED) is 0.669. The minimum Gasteiger partial charge on any atom is -0.392 e. The van der Waals surface area contributed by atoms with Gasteiger partial charge in [0.1, 0.15) is 17.5 Å². The molecule has 5 heteroatoms. The van der Waals surface area contributed by atoms with Crippen molar-refractivity contribution in [1.82, 2.24) is 9.97 Å². The maximum absolute atomic E-state index is 9.12. The Bertz CT molecular complexity index is 314. The highest BCUT2D eigenvalue weighted by Gasteiger charge is 2.02. The van der Waals surface area contributed by atoms with Crippen molar-refractivity contribution < 1.29 is 5.11 Å². The second-order valence-electron chi connectivity index (χ2n) is 3.57. The first-order valence-corrected chi connectivity index (χ1v) is 5.17. The summed E-state index contributed by atoms with van der Waals surface area (Å²) in [6.45, 7) is 4.24. The summed E-state index contributed by atoms with van der Waals surface area (Å²) < 4.78 is 0. The molecule has 4 N–H and O–H groups in total. The van der Waals surface area contributed by atoms with E-state index >= 15 is 0 Å². The van der Waals surface area contributed by atoms with Crippen molar-refractivity contribution in [3.8, 4) is 0 Å². The maximum atomic E-state index is 9.12. The highest BCUT2D eigenvalue weighted by Crippen LogP contribution is 2.09. The number of anilines is 2. The largest absolute Gasteiger partial charge is 0.392 e. The Labute approximate surface area is 89.7 Å². The second-order valence-corrected chi connectivity index (χ2v) is 3.57. The van der Waals surface area contributed by atoms with E-state index in [1.54, 1.807) is 13.0 Å². The van der Waals surface area contributed by atoms with Crippen molar-refractivity contribution in [2.45, 2.75) is 32.8 Å². The molecule has 0 fully saturated rings. The summed E-state index contributed by atoms with van der Waals surface area (Å²) in [7, 11) is 0. The van der Waals surface area contributed by atoms with Gasteiger partial charge in [0.25, 0.3) is 0 Å². The van der Waals surface area contributed by atoms with Crippen LogP contribution in [0.5, 0.6) is 0 Å².